The Kier molecular flexibility index (Phi) is 4.39. The van der Waals surface area contributed by atoms with Crippen molar-refractivity contribution < 1.29 is 17.6 Å². The van der Waals surface area contributed by atoms with Crippen LogP contribution in [0.25, 0.3) is 23.1 Å². The normalized spacial score (nSPS) is 11.3. The molecule has 13 heteroatoms. The smallest absolute Gasteiger partial charge is 0.314 e. The number of nitrogens with zero attached hydrogens (tertiary/aromatic N) is 8. The first-order valence-corrected chi connectivity index (χ1v) is 7.75. The lowest BCUT2D eigenvalue weighted by Crippen LogP contribution is -2.05. The highest BCUT2D eigenvalue weighted by atomic mass is 19.3. The largest absolute Gasteiger partial charge is 0.415 e. The van der Waals surface area contributed by atoms with Gasteiger partial charge in [-0.3, -0.25) is 0 Å². The number of aromatic nitrogens is 8. The average Bonchev–Trinajstić information content (AvgIpc) is 3.32. The van der Waals surface area contributed by atoms with Crippen molar-refractivity contribution in [3.8, 4) is 23.1 Å². The molecule has 4 rings (SSSR count). The van der Waals surface area contributed by atoms with Crippen molar-refractivity contribution >= 4 is 5.69 Å². The molecule has 0 aliphatic heterocycles. The fraction of sp³-hybridized carbons (Fsp3) is 0.133. The minimum Gasteiger partial charge on any atom is -0.415 e. The van der Waals surface area contributed by atoms with Crippen LogP contribution in [0.1, 0.15) is 17.9 Å². The number of hydrogen-bond acceptors (Lipinski definition) is 9. The van der Waals surface area contributed by atoms with Gasteiger partial charge in [-0.2, -0.15) is 13.6 Å². The molecule has 0 saturated heterocycles. The second kappa shape index (κ2) is 7.02. The quantitative estimate of drug-likeness (QED) is 0.543. The third kappa shape index (κ3) is 3.49. The van der Waals surface area contributed by atoms with E-state index < -0.39 is 18.1 Å². The van der Waals surface area contributed by atoms with E-state index >= 15 is 0 Å². The molecule has 0 saturated carbocycles. The lowest BCUT2D eigenvalue weighted by Gasteiger charge is -2.03. The molecule has 3 aromatic heterocycles. The first kappa shape index (κ1) is 17.5. The van der Waals surface area contributed by atoms with Crippen molar-refractivity contribution in [2.24, 2.45) is 0 Å². The molecule has 0 radical (unpaired) electrons. The van der Waals surface area contributed by atoms with Crippen LogP contribution in [0.4, 0.5) is 18.9 Å². The summed E-state index contributed by atoms with van der Waals surface area (Å²) < 4.78 is 44.1. The van der Waals surface area contributed by atoms with Crippen molar-refractivity contribution in [2.45, 2.75) is 13.0 Å². The Hall–Kier alpha value is -3.90. The molecule has 1 aromatic carbocycles. The standard InChI is InChI=1S/C15H10F3N9O/c16-10-3-7(1-2-9(10)14-23-24-15(28-14)11(17)18)6-27-25-13(22-26-27)12-20-4-8(19)5-21-12/h1-5,11H,6,19H2. The summed E-state index contributed by atoms with van der Waals surface area (Å²) in [5.74, 6) is -1.50. The Balaban J connectivity index is 1.53. The number of halogens is 3. The van der Waals surface area contributed by atoms with Gasteiger partial charge in [0.2, 0.25) is 11.6 Å². The topological polar surface area (TPSA) is 134 Å². The summed E-state index contributed by atoms with van der Waals surface area (Å²) in [5.41, 5.74) is 6.32. The molecule has 0 bridgehead atoms. The van der Waals surface area contributed by atoms with E-state index in [2.05, 4.69) is 35.6 Å². The second-order valence-corrected chi connectivity index (χ2v) is 5.54. The Labute approximate surface area is 154 Å². The molecule has 0 aliphatic rings. The van der Waals surface area contributed by atoms with Gasteiger partial charge in [-0.05, 0) is 22.9 Å². The molecule has 0 unspecified atom stereocenters. The molecule has 0 fully saturated rings. The van der Waals surface area contributed by atoms with Crippen LogP contribution in [0.15, 0.2) is 35.0 Å². The second-order valence-electron chi connectivity index (χ2n) is 5.54. The van der Waals surface area contributed by atoms with Gasteiger partial charge in [-0.15, -0.1) is 20.4 Å². The highest BCUT2D eigenvalue weighted by molar-refractivity contribution is 5.54. The van der Waals surface area contributed by atoms with E-state index in [-0.39, 0.29) is 29.6 Å². The molecule has 142 valence electrons. The molecule has 0 spiro atoms. The minimum absolute atomic E-state index is 0.0920. The number of nitrogen functional groups attached to an aromatic ring is 1. The van der Waals surface area contributed by atoms with Gasteiger partial charge in [0.15, 0.2) is 0 Å². The van der Waals surface area contributed by atoms with Gasteiger partial charge in [-0.25, -0.2) is 14.4 Å². The van der Waals surface area contributed by atoms with Gasteiger partial charge in [0.25, 0.3) is 11.8 Å². The van der Waals surface area contributed by atoms with Gasteiger partial charge in [0, 0.05) is 0 Å². The Bertz CT molecular complexity index is 1110. The van der Waals surface area contributed by atoms with Crippen LogP contribution >= 0.6 is 0 Å². The van der Waals surface area contributed by atoms with E-state index in [9.17, 15) is 13.2 Å². The predicted octanol–water partition coefficient (Wildman–Crippen LogP) is 1.89. The zero-order valence-corrected chi connectivity index (χ0v) is 13.9. The van der Waals surface area contributed by atoms with E-state index in [1.165, 1.54) is 29.3 Å². The summed E-state index contributed by atoms with van der Waals surface area (Å²) in [6.45, 7) is 0.102. The van der Waals surface area contributed by atoms with E-state index in [1.807, 2.05) is 0 Å². The van der Waals surface area contributed by atoms with Crippen LogP contribution in [-0.2, 0) is 6.54 Å². The molecule has 0 atom stereocenters. The maximum atomic E-state index is 14.3. The van der Waals surface area contributed by atoms with Crippen LogP contribution < -0.4 is 5.73 Å². The van der Waals surface area contributed by atoms with Crippen LogP contribution in [0.2, 0.25) is 0 Å². The Morgan fingerprint density at radius 1 is 1.07 bits per heavy atom. The van der Waals surface area contributed by atoms with E-state index in [4.69, 9.17) is 10.2 Å². The molecular weight excluding hydrogens is 379 g/mol. The summed E-state index contributed by atoms with van der Waals surface area (Å²) in [4.78, 5) is 9.21. The molecule has 10 nitrogen and oxygen atoms in total. The number of tetrazole rings is 1. The van der Waals surface area contributed by atoms with E-state index in [0.717, 1.165) is 0 Å². The minimum atomic E-state index is -2.93. The number of benzene rings is 1. The fourth-order valence-corrected chi connectivity index (χ4v) is 2.28. The number of alkyl halides is 2. The van der Waals surface area contributed by atoms with E-state index in [1.54, 1.807) is 6.07 Å². The fourth-order valence-electron chi connectivity index (χ4n) is 2.28. The molecule has 2 N–H and O–H groups in total. The zero-order valence-electron chi connectivity index (χ0n) is 13.9. The summed E-state index contributed by atoms with van der Waals surface area (Å²) in [6, 6.07) is 4.08. The summed E-state index contributed by atoms with van der Waals surface area (Å²) in [6.07, 6.45) is -0.108. The van der Waals surface area contributed by atoms with Crippen LogP contribution in [0, 0.1) is 5.82 Å². The van der Waals surface area contributed by atoms with Gasteiger partial charge in [0.05, 0.1) is 30.2 Å². The first-order valence-electron chi connectivity index (χ1n) is 7.75. The van der Waals surface area contributed by atoms with Crippen LogP contribution in [-0.4, -0.2) is 40.4 Å². The maximum absolute atomic E-state index is 14.3. The van der Waals surface area contributed by atoms with E-state index in [0.29, 0.717) is 11.3 Å². The zero-order chi connectivity index (χ0) is 19.7. The number of rotatable bonds is 5. The predicted molar refractivity (Wildman–Crippen MR) is 87.0 cm³/mol. The Morgan fingerprint density at radius 3 is 2.54 bits per heavy atom. The van der Waals surface area contributed by atoms with Crippen molar-refractivity contribution in [2.75, 3.05) is 5.73 Å². The van der Waals surface area contributed by atoms with Crippen LogP contribution in [0.3, 0.4) is 0 Å². The number of nitrogens with two attached hydrogens (primary N) is 1. The van der Waals surface area contributed by atoms with Crippen molar-refractivity contribution in [1.82, 2.24) is 40.4 Å². The molecule has 0 aliphatic carbocycles. The molecule has 3 heterocycles. The third-order valence-corrected chi connectivity index (χ3v) is 3.54. The first-order chi connectivity index (χ1) is 13.5. The monoisotopic (exact) mass is 389 g/mol. The molecular formula is C15H10F3N9O. The number of hydrogen-bond donors (Lipinski definition) is 1. The highest BCUT2D eigenvalue weighted by Crippen LogP contribution is 2.26. The lowest BCUT2D eigenvalue weighted by molar-refractivity contribution is 0.116. The average molecular weight is 389 g/mol. The number of anilines is 1. The van der Waals surface area contributed by atoms with Crippen molar-refractivity contribution in [1.29, 1.82) is 0 Å². The van der Waals surface area contributed by atoms with Crippen molar-refractivity contribution in [3.63, 3.8) is 0 Å². The third-order valence-electron chi connectivity index (χ3n) is 3.54. The maximum Gasteiger partial charge on any atom is 0.314 e. The highest BCUT2D eigenvalue weighted by Gasteiger charge is 2.19. The summed E-state index contributed by atoms with van der Waals surface area (Å²) in [5, 5.41) is 18.4. The van der Waals surface area contributed by atoms with Gasteiger partial charge in [0.1, 0.15) is 5.82 Å². The summed E-state index contributed by atoms with van der Waals surface area (Å²) >= 11 is 0. The van der Waals surface area contributed by atoms with Gasteiger partial charge >= 0.3 is 6.43 Å². The SMILES string of the molecule is Nc1cnc(-c2nnn(Cc3ccc(-c4nnc(C(F)F)o4)c(F)c3)n2)nc1. The van der Waals surface area contributed by atoms with Gasteiger partial charge < -0.3 is 10.2 Å². The lowest BCUT2D eigenvalue weighted by atomic mass is 10.1. The molecule has 28 heavy (non-hydrogen) atoms. The van der Waals surface area contributed by atoms with Crippen LogP contribution in [0.5, 0.6) is 0 Å². The molecule has 0 amide bonds. The summed E-state index contributed by atoms with van der Waals surface area (Å²) in [7, 11) is 0. The van der Waals surface area contributed by atoms with Gasteiger partial charge in [-0.1, -0.05) is 6.07 Å². The Morgan fingerprint density at radius 2 is 1.86 bits per heavy atom. The van der Waals surface area contributed by atoms with Crippen molar-refractivity contribution in [3.05, 3.63) is 47.9 Å². The molecule has 4 aromatic rings.